The molecule has 0 bridgehead atoms. The molecule has 14 heteroatoms. The molecule has 0 saturated heterocycles. The van der Waals surface area contributed by atoms with Crippen molar-refractivity contribution in [3.8, 4) is 5.75 Å². The summed E-state index contributed by atoms with van der Waals surface area (Å²) in [5.41, 5.74) is 7.37. The van der Waals surface area contributed by atoms with Gasteiger partial charge in [-0.3, -0.25) is 9.69 Å². The van der Waals surface area contributed by atoms with Crippen LogP contribution in [0.4, 0.5) is 14.4 Å². The summed E-state index contributed by atoms with van der Waals surface area (Å²) in [7, 11) is 0. The normalized spacial score (nSPS) is 12.4. The fourth-order valence-corrected chi connectivity index (χ4v) is 5.87. The van der Waals surface area contributed by atoms with E-state index in [2.05, 4.69) is 38.0 Å². The van der Waals surface area contributed by atoms with E-state index >= 15 is 0 Å². The van der Waals surface area contributed by atoms with Gasteiger partial charge in [0.15, 0.2) is 0 Å². The van der Waals surface area contributed by atoms with Gasteiger partial charge < -0.3 is 40.6 Å². The van der Waals surface area contributed by atoms with E-state index in [0.29, 0.717) is 64.2 Å². The molecule has 0 radical (unpaired) electrons. The maximum Gasteiger partial charge on any atom is 0.434 e. The summed E-state index contributed by atoms with van der Waals surface area (Å²) in [5.74, 6) is 0.546. The second-order valence-corrected chi connectivity index (χ2v) is 16.7. The number of nitrogens with zero attached hydrogens (tertiary/aromatic N) is 2. The first-order valence-corrected chi connectivity index (χ1v) is 21.2. The van der Waals surface area contributed by atoms with Crippen LogP contribution in [0.15, 0.2) is 59.6 Å². The van der Waals surface area contributed by atoms with Crippen LogP contribution in [0.2, 0.25) is 0 Å². The van der Waals surface area contributed by atoms with Crippen molar-refractivity contribution in [3.63, 3.8) is 0 Å². The number of aliphatic imine (C=N–C) groups is 1. The molecule has 0 aliphatic heterocycles. The number of unbranched alkanes of at least 4 members (excludes halogenated alkanes) is 3. The molecule has 0 aliphatic carbocycles. The Labute approximate surface area is 352 Å². The average molecular weight is 825 g/mol. The lowest BCUT2D eigenvalue weighted by atomic mass is 10.1. The highest BCUT2D eigenvalue weighted by atomic mass is 16.6. The van der Waals surface area contributed by atoms with Crippen LogP contribution in [0.5, 0.6) is 5.75 Å². The summed E-state index contributed by atoms with van der Waals surface area (Å²) in [6.07, 6.45) is 5.95. The van der Waals surface area contributed by atoms with Gasteiger partial charge in [0.05, 0.1) is 0 Å². The van der Waals surface area contributed by atoms with E-state index in [0.717, 1.165) is 62.9 Å². The van der Waals surface area contributed by atoms with E-state index in [-0.39, 0.29) is 12.5 Å². The molecule has 5 N–H and O–H groups in total. The predicted octanol–water partition coefficient (Wildman–Crippen LogP) is 7.71. The zero-order valence-corrected chi connectivity index (χ0v) is 36.7. The maximum atomic E-state index is 13.3. The highest BCUT2D eigenvalue weighted by Gasteiger charge is 2.24. The SMILES string of the molecule is CC(CCCCC[C@H](NC(=O)OC(C)(C)C)C(=O)NCCCN(CCCN)CCOc1ccc(CCCCNC(=O)OCc2ccccc2)cc1)=NC(=O)OC(C)(C)C. The van der Waals surface area contributed by atoms with Crippen LogP contribution in [0.1, 0.15) is 117 Å². The van der Waals surface area contributed by atoms with Crippen molar-refractivity contribution in [1.82, 2.24) is 20.9 Å². The summed E-state index contributed by atoms with van der Waals surface area (Å²) in [6.45, 7) is 17.2. The number of carbonyl (C=O) groups excluding carboxylic acids is 4. The Bertz CT molecular complexity index is 1540. The standard InChI is InChI=1S/C45H72N6O8/c1-35(49-42(54)58-44(2,3)4)18-10-8-13-22-39(50-43(55)59-45(5,6)7)40(52)47-29-17-31-51(30-16-27-46)32-33-56-38-25-23-36(24-26-38)19-14-15-28-48-41(53)57-34-37-20-11-9-12-21-37/h9,11-12,20-21,23-26,39H,8,10,13-19,22,27-34,46H2,1-7H3,(H,47,52)(H,48,53)(H,50,55)/t39-/m0/s1. The van der Waals surface area contributed by atoms with Gasteiger partial charge in [0, 0.05) is 25.3 Å². The molecule has 0 unspecified atom stereocenters. The van der Waals surface area contributed by atoms with E-state index in [4.69, 9.17) is 24.7 Å². The van der Waals surface area contributed by atoms with Crippen LogP contribution in [-0.4, -0.2) is 97.9 Å². The molecule has 0 spiro atoms. The van der Waals surface area contributed by atoms with Crippen molar-refractivity contribution in [1.29, 1.82) is 0 Å². The number of carbonyl (C=O) groups is 4. The van der Waals surface area contributed by atoms with Crippen molar-refractivity contribution >= 4 is 29.9 Å². The molecule has 4 amide bonds. The monoisotopic (exact) mass is 825 g/mol. The largest absolute Gasteiger partial charge is 0.492 e. The fourth-order valence-electron chi connectivity index (χ4n) is 5.87. The molecule has 0 aromatic heterocycles. The first-order chi connectivity index (χ1) is 28.0. The number of alkyl carbamates (subject to hydrolysis) is 2. The lowest BCUT2D eigenvalue weighted by Crippen LogP contribution is -2.48. The molecule has 1 atom stereocenters. The third-order valence-corrected chi connectivity index (χ3v) is 8.82. The fraction of sp³-hybridized carbons (Fsp3) is 0.622. The number of nitrogens with two attached hydrogens (primary N) is 1. The maximum absolute atomic E-state index is 13.3. The first kappa shape index (κ1) is 50.5. The third-order valence-electron chi connectivity index (χ3n) is 8.82. The summed E-state index contributed by atoms with van der Waals surface area (Å²) >= 11 is 0. The summed E-state index contributed by atoms with van der Waals surface area (Å²) in [5, 5.41) is 8.56. The Balaban J connectivity index is 1.73. The lowest BCUT2D eigenvalue weighted by molar-refractivity contribution is -0.123. The number of benzene rings is 2. The van der Waals surface area contributed by atoms with Gasteiger partial charge >= 0.3 is 18.3 Å². The predicted molar refractivity (Wildman–Crippen MR) is 233 cm³/mol. The Morgan fingerprint density at radius 3 is 2.08 bits per heavy atom. The molecular weight excluding hydrogens is 753 g/mol. The quantitative estimate of drug-likeness (QED) is 0.0417. The van der Waals surface area contributed by atoms with Crippen LogP contribution >= 0.6 is 0 Å². The molecule has 2 aromatic rings. The second-order valence-electron chi connectivity index (χ2n) is 16.7. The second kappa shape index (κ2) is 27.9. The highest BCUT2D eigenvalue weighted by Crippen LogP contribution is 2.15. The van der Waals surface area contributed by atoms with Gasteiger partial charge in [-0.15, -0.1) is 0 Å². The van der Waals surface area contributed by atoms with Crippen molar-refractivity contribution in [2.45, 2.75) is 137 Å². The van der Waals surface area contributed by atoms with Crippen molar-refractivity contribution < 1.29 is 38.1 Å². The molecular formula is C45H72N6O8. The molecule has 0 fully saturated rings. The van der Waals surface area contributed by atoms with Crippen LogP contribution in [0.25, 0.3) is 0 Å². The number of ether oxygens (including phenoxy) is 4. The van der Waals surface area contributed by atoms with Gasteiger partial charge in [0.1, 0.15) is 36.2 Å². The summed E-state index contributed by atoms with van der Waals surface area (Å²) in [4.78, 5) is 56.1. The number of hydrogen-bond acceptors (Lipinski definition) is 10. The minimum absolute atomic E-state index is 0.255. The molecule has 0 saturated carbocycles. The third kappa shape index (κ3) is 26.1. The van der Waals surface area contributed by atoms with E-state index < -0.39 is 35.5 Å². The Hall–Kier alpha value is -4.69. The van der Waals surface area contributed by atoms with Crippen molar-refractivity contribution in [3.05, 3.63) is 65.7 Å². The molecule has 2 aromatic carbocycles. The number of hydrogen-bond donors (Lipinski definition) is 4. The number of rotatable bonds is 26. The van der Waals surface area contributed by atoms with Crippen LogP contribution in [0.3, 0.4) is 0 Å². The van der Waals surface area contributed by atoms with Crippen molar-refractivity contribution in [2.24, 2.45) is 10.7 Å². The molecule has 330 valence electrons. The van der Waals surface area contributed by atoms with Crippen LogP contribution < -0.4 is 26.4 Å². The average Bonchev–Trinajstić information content (AvgIpc) is 3.16. The number of aryl methyl sites for hydroxylation is 1. The number of nitrogens with one attached hydrogen (secondary N) is 3. The van der Waals surface area contributed by atoms with Crippen molar-refractivity contribution in [2.75, 3.05) is 45.9 Å². The molecule has 0 aliphatic rings. The topological polar surface area (TPSA) is 183 Å². The zero-order valence-electron chi connectivity index (χ0n) is 36.7. The Morgan fingerprint density at radius 2 is 1.41 bits per heavy atom. The van der Waals surface area contributed by atoms with Crippen LogP contribution in [-0.2, 0) is 32.0 Å². The van der Waals surface area contributed by atoms with E-state index in [1.807, 2.05) is 42.5 Å². The Kier molecular flexibility index (Phi) is 23.9. The highest BCUT2D eigenvalue weighted by molar-refractivity contribution is 5.91. The van der Waals surface area contributed by atoms with Gasteiger partial charge in [-0.05, 0) is 143 Å². The minimum atomic E-state index is -0.743. The lowest BCUT2D eigenvalue weighted by Gasteiger charge is -2.24. The van der Waals surface area contributed by atoms with Crippen LogP contribution in [0, 0.1) is 0 Å². The summed E-state index contributed by atoms with van der Waals surface area (Å²) in [6, 6.07) is 17.0. The van der Waals surface area contributed by atoms with E-state index in [9.17, 15) is 19.2 Å². The van der Waals surface area contributed by atoms with E-state index in [1.54, 1.807) is 48.5 Å². The molecule has 0 heterocycles. The van der Waals surface area contributed by atoms with Gasteiger partial charge in [0.25, 0.3) is 0 Å². The first-order valence-electron chi connectivity index (χ1n) is 21.2. The zero-order chi connectivity index (χ0) is 43.5. The molecule has 2 rings (SSSR count). The minimum Gasteiger partial charge on any atom is -0.492 e. The molecule has 59 heavy (non-hydrogen) atoms. The molecule has 14 nitrogen and oxygen atoms in total. The van der Waals surface area contributed by atoms with Gasteiger partial charge in [0.2, 0.25) is 5.91 Å². The van der Waals surface area contributed by atoms with Gasteiger partial charge in [-0.25, -0.2) is 14.4 Å². The summed E-state index contributed by atoms with van der Waals surface area (Å²) < 4.78 is 22.0. The number of amides is 4. The smallest absolute Gasteiger partial charge is 0.434 e. The van der Waals surface area contributed by atoms with Gasteiger partial charge in [-0.2, -0.15) is 4.99 Å². The van der Waals surface area contributed by atoms with Gasteiger partial charge in [-0.1, -0.05) is 55.3 Å². The van der Waals surface area contributed by atoms with E-state index in [1.165, 1.54) is 5.56 Å². The Morgan fingerprint density at radius 1 is 0.729 bits per heavy atom.